The normalized spacial score (nSPS) is 18.5. The zero-order chi connectivity index (χ0) is 16.5. The molecule has 2 aliphatic heterocycles. The van der Waals surface area contributed by atoms with Gasteiger partial charge in [-0.3, -0.25) is 4.90 Å². The van der Waals surface area contributed by atoms with Gasteiger partial charge in [0.2, 0.25) is 0 Å². The van der Waals surface area contributed by atoms with Crippen LogP contribution in [-0.2, 0) is 4.74 Å². The Bertz CT molecular complexity index is 427. The van der Waals surface area contributed by atoms with Crippen LogP contribution in [0.25, 0.3) is 0 Å². The number of hydrogen-bond donors (Lipinski definition) is 0. The molecular weight excluding hydrogens is 296 g/mol. The quantitative estimate of drug-likeness (QED) is 0.809. The van der Waals surface area contributed by atoms with Gasteiger partial charge < -0.3 is 9.64 Å². The SMILES string of the molecule is CC.CC.Cc1ccc(N2CCN(C3COC3)CC2)c(Cl)c1. The lowest BCUT2D eigenvalue weighted by Gasteiger charge is -2.43. The molecule has 0 atom stereocenters. The second kappa shape index (κ2) is 10.1. The van der Waals surface area contributed by atoms with E-state index in [2.05, 4.69) is 28.9 Å². The molecule has 0 amide bonds. The van der Waals surface area contributed by atoms with Gasteiger partial charge in [0.25, 0.3) is 0 Å². The average Bonchev–Trinajstić information content (AvgIpc) is 2.51. The van der Waals surface area contributed by atoms with Gasteiger partial charge in [0.15, 0.2) is 0 Å². The van der Waals surface area contributed by atoms with E-state index in [0.717, 1.165) is 44.4 Å². The fourth-order valence-corrected chi connectivity index (χ4v) is 2.99. The van der Waals surface area contributed by atoms with Crippen molar-refractivity contribution >= 4 is 17.3 Å². The molecular formula is C18H31ClN2O. The molecule has 0 radical (unpaired) electrons. The van der Waals surface area contributed by atoms with E-state index in [1.54, 1.807) is 0 Å². The fourth-order valence-electron chi connectivity index (χ4n) is 2.63. The van der Waals surface area contributed by atoms with E-state index in [1.165, 1.54) is 11.3 Å². The number of halogens is 1. The van der Waals surface area contributed by atoms with Gasteiger partial charge in [-0.1, -0.05) is 45.4 Å². The van der Waals surface area contributed by atoms with Crippen molar-refractivity contribution in [3.63, 3.8) is 0 Å². The largest absolute Gasteiger partial charge is 0.378 e. The summed E-state index contributed by atoms with van der Waals surface area (Å²) in [6.45, 7) is 16.2. The maximum Gasteiger partial charge on any atom is 0.0645 e. The Kier molecular flexibility index (Phi) is 8.84. The summed E-state index contributed by atoms with van der Waals surface area (Å²) < 4.78 is 5.26. The van der Waals surface area contributed by atoms with Crippen LogP contribution in [0.1, 0.15) is 33.3 Å². The molecule has 0 saturated carbocycles. The number of anilines is 1. The van der Waals surface area contributed by atoms with Crippen molar-refractivity contribution in [3.05, 3.63) is 28.8 Å². The molecule has 0 bridgehead atoms. The van der Waals surface area contributed by atoms with Crippen molar-refractivity contribution < 1.29 is 4.74 Å². The van der Waals surface area contributed by atoms with Crippen LogP contribution in [0.2, 0.25) is 5.02 Å². The Hall–Kier alpha value is -0.770. The molecule has 0 unspecified atom stereocenters. The summed E-state index contributed by atoms with van der Waals surface area (Å²) in [7, 11) is 0. The summed E-state index contributed by atoms with van der Waals surface area (Å²) in [5, 5.41) is 0.871. The van der Waals surface area contributed by atoms with Crippen LogP contribution in [-0.4, -0.2) is 50.3 Å². The van der Waals surface area contributed by atoms with Crippen LogP contribution in [0, 0.1) is 6.92 Å². The van der Waals surface area contributed by atoms with Crippen molar-refractivity contribution in [1.29, 1.82) is 0 Å². The first-order chi connectivity index (χ1) is 10.7. The first kappa shape index (κ1) is 19.3. The highest BCUT2D eigenvalue weighted by molar-refractivity contribution is 6.33. The van der Waals surface area contributed by atoms with Gasteiger partial charge in [-0.05, 0) is 24.6 Å². The van der Waals surface area contributed by atoms with E-state index in [4.69, 9.17) is 16.3 Å². The third-order valence-corrected chi connectivity index (χ3v) is 4.20. The van der Waals surface area contributed by atoms with Crippen LogP contribution in [0.15, 0.2) is 18.2 Å². The van der Waals surface area contributed by atoms with Crippen LogP contribution < -0.4 is 4.90 Å². The van der Waals surface area contributed by atoms with E-state index in [-0.39, 0.29) is 0 Å². The van der Waals surface area contributed by atoms with Gasteiger partial charge in [-0.15, -0.1) is 0 Å². The Morgan fingerprint density at radius 1 is 1.00 bits per heavy atom. The predicted octanol–water partition coefficient (Wildman–Crippen LogP) is 4.22. The van der Waals surface area contributed by atoms with E-state index in [0.29, 0.717) is 6.04 Å². The molecule has 2 fully saturated rings. The first-order valence-electron chi connectivity index (χ1n) is 8.57. The van der Waals surface area contributed by atoms with Crippen LogP contribution in [0.5, 0.6) is 0 Å². The lowest BCUT2D eigenvalue weighted by atomic mass is 10.1. The van der Waals surface area contributed by atoms with Crippen LogP contribution >= 0.6 is 11.6 Å². The molecule has 22 heavy (non-hydrogen) atoms. The number of aryl methyl sites for hydroxylation is 1. The summed E-state index contributed by atoms with van der Waals surface area (Å²) in [6, 6.07) is 6.97. The molecule has 2 saturated heterocycles. The standard InChI is InChI=1S/C14H19ClN2O.2C2H6/c1-11-2-3-14(13(15)8-11)17-6-4-16(5-7-17)12-9-18-10-12;2*1-2/h2-3,8,12H,4-7,9-10H2,1H3;2*1-2H3. The highest BCUT2D eigenvalue weighted by atomic mass is 35.5. The van der Waals surface area contributed by atoms with E-state index in [9.17, 15) is 0 Å². The molecule has 3 rings (SSSR count). The van der Waals surface area contributed by atoms with E-state index in [1.807, 2.05) is 33.8 Å². The average molecular weight is 327 g/mol. The van der Waals surface area contributed by atoms with Gasteiger partial charge in [-0.2, -0.15) is 0 Å². The van der Waals surface area contributed by atoms with Gasteiger partial charge in [-0.25, -0.2) is 0 Å². The highest BCUT2D eigenvalue weighted by Crippen LogP contribution is 2.28. The molecule has 0 spiro atoms. The van der Waals surface area contributed by atoms with Crippen molar-refractivity contribution in [1.82, 2.24) is 4.90 Å². The van der Waals surface area contributed by atoms with Crippen molar-refractivity contribution in [3.8, 4) is 0 Å². The summed E-state index contributed by atoms with van der Waals surface area (Å²) in [5.41, 5.74) is 2.39. The maximum atomic E-state index is 6.32. The molecule has 2 heterocycles. The Labute approximate surface area is 141 Å². The summed E-state index contributed by atoms with van der Waals surface area (Å²) >= 11 is 6.32. The molecule has 126 valence electrons. The highest BCUT2D eigenvalue weighted by Gasteiger charge is 2.29. The number of hydrogen-bond acceptors (Lipinski definition) is 3. The van der Waals surface area contributed by atoms with Gasteiger partial charge in [0.1, 0.15) is 0 Å². The van der Waals surface area contributed by atoms with Gasteiger partial charge in [0, 0.05) is 26.2 Å². The number of piperazine rings is 1. The van der Waals surface area contributed by atoms with E-state index >= 15 is 0 Å². The zero-order valence-electron chi connectivity index (χ0n) is 14.7. The Morgan fingerprint density at radius 3 is 2.05 bits per heavy atom. The predicted molar refractivity (Wildman–Crippen MR) is 97.3 cm³/mol. The topological polar surface area (TPSA) is 15.7 Å². The minimum Gasteiger partial charge on any atom is -0.378 e. The van der Waals surface area contributed by atoms with Gasteiger partial charge in [0.05, 0.1) is 30.0 Å². The molecule has 3 nitrogen and oxygen atoms in total. The van der Waals surface area contributed by atoms with Crippen LogP contribution in [0.3, 0.4) is 0 Å². The molecule has 0 aromatic heterocycles. The smallest absolute Gasteiger partial charge is 0.0645 e. The number of rotatable bonds is 2. The second-order valence-corrected chi connectivity index (χ2v) is 5.58. The molecule has 0 aliphatic carbocycles. The van der Waals surface area contributed by atoms with Gasteiger partial charge >= 0.3 is 0 Å². The summed E-state index contributed by atoms with van der Waals surface area (Å²) in [4.78, 5) is 4.92. The minimum atomic E-state index is 0.653. The molecule has 1 aromatic rings. The summed E-state index contributed by atoms with van der Waals surface area (Å²) in [5.74, 6) is 0. The fraction of sp³-hybridized carbons (Fsp3) is 0.667. The van der Waals surface area contributed by atoms with Crippen molar-refractivity contribution in [2.75, 3.05) is 44.3 Å². The number of nitrogens with zero attached hydrogens (tertiary/aromatic N) is 2. The minimum absolute atomic E-state index is 0.653. The van der Waals surface area contributed by atoms with Crippen LogP contribution in [0.4, 0.5) is 5.69 Å². The van der Waals surface area contributed by atoms with E-state index < -0.39 is 0 Å². The Balaban J connectivity index is 0.000000561. The molecule has 2 aliphatic rings. The third kappa shape index (κ3) is 4.87. The lowest BCUT2D eigenvalue weighted by molar-refractivity contribution is -0.0660. The monoisotopic (exact) mass is 326 g/mol. The molecule has 4 heteroatoms. The maximum absolute atomic E-state index is 6.32. The lowest BCUT2D eigenvalue weighted by Crippen LogP contribution is -2.56. The second-order valence-electron chi connectivity index (χ2n) is 5.17. The van der Waals surface area contributed by atoms with Crippen molar-refractivity contribution in [2.24, 2.45) is 0 Å². The third-order valence-electron chi connectivity index (χ3n) is 3.90. The number of ether oxygens (including phenoxy) is 1. The molecule has 0 N–H and O–H groups in total. The number of benzene rings is 1. The molecule has 1 aromatic carbocycles. The van der Waals surface area contributed by atoms with Crippen molar-refractivity contribution in [2.45, 2.75) is 40.7 Å². The first-order valence-corrected chi connectivity index (χ1v) is 8.95. The Morgan fingerprint density at radius 2 is 1.59 bits per heavy atom. The zero-order valence-corrected chi connectivity index (χ0v) is 15.5. The summed E-state index contributed by atoms with van der Waals surface area (Å²) in [6.07, 6.45) is 0.